The lowest BCUT2D eigenvalue weighted by Gasteiger charge is -2.22. The largest absolute Gasteiger partial charge is 0.466 e. The SMILES string of the molecule is CCCCCCCCCCCCCCCCCCCCCCCC(O)C(CO)NC(=O)CCCCCCCCCCCCCCCC/C=C\CCCCCCCCCCCCCCOC(=O)CCCCCCCCCCCCCCCCCCCC. The van der Waals surface area contributed by atoms with Gasteiger partial charge in [0.1, 0.15) is 0 Å². The van der Waals surface area contributed by atoms with E-state index in [1.54, 1.807) is 0 Å². The van der Waals surface area contributed by atoms with Crippen molar-refractivity contribution in [3.05, 3.63) is 12.2 Å². The standard InChI is InChI=1S/C80H157NO5/c1-3-5-7-9-11-13-15-17-19-21-23-34-37-40-44-48-52-56-60-64-68-72-78(83)77(76-82)81-79(84)73-69-65-61-57-53-49-45-41-38-35-32-30-28-26-24-25-27-29-31-33-36-39-43-47-51-55-59-63-67-71-75-86-80(85)74-70-66-62-58-54-50-46-42-22-20-18-16-14-12-10-8-6-4-2/h25,27,77-78,82-83H,3-24,26,28-76H2,1-2H3,(H,81,84)/b27-25-. The van der Waals surface area contributed by atoms with Crippen molar-refractivity contribution in [3.63, 3.8) is 0 Å². The molecule has 6 heteroatoms. The fourth-order valence-electron chi connectivity index (χ4n) is 13.0. The second-order valence-corrected chi connectivity index (χ2v) is 27.8. The Kier molecular flexibility index (Phi) is 74.8. The van der Waals surface area contributed by atoms with Crippen LogP contribution in [0, 0.1) is 0 Å². The maximum atomic E-state index is 12.6. The van der Waals surface area contributed by atoms with Crippen LogP contribution in [0.4, 0.5) is 0 Å². The van der Waals surface area contributed by atoms with Crippen molar-refractivity contribution in [2.75, 3.05) is 13.2 Å². The Labute approximate surface area is 539 Å². The number of hydrogen-bond acceptors (Lipinski definition) is 5. The first-order valence-corrected chi connectivity index (χ1v) is 39.9. The van der Waals surface area contributed by atoms with E-state index < -0.39 is 12.1 Å². The topological polar surface area (TPSA) is 95.9 Å². The van der Waals surface area contributed by atoms with Gasteiger partial charge in [-0.2, -0.15) is 0 Å². The summed E-state index contributed by atoms with van der Waals surface area (Å²) in [6.07, 6.45) is 95.9. The minimum atomic E-state index is -0.664. The van der Waals surface area contributed by atoms with Gasteiger partial charge < -0.3 is 20.3 Å². The van der Waals surface area contributed by atoms with Gasteiger partial charge in [-0.1, -0.05) is 411 Å². The quantitative estimate of drug-likeness (QED) is 0.0320. The Balaban J connectivity index is 3.35. The van der Waals surface area contributed by atoms with Crippen LogP contribution in [0.15, 0.2) is 12.2 Å². The molecule has 512 valence electrons. The molecule has 0 saturated heterocycles. The van der Waals surface area contributed by atoms with Crippen molar-refractivity contribution in [2.45, 2.75) is 475 Å². The van der Waals surface area contributed by atoms with Crippen LogP contribution in [0.5, 0.6) is 0 Å². The zero-order chi connectivity index (χ0) is 62.0. The molecule has 1 amide bonds. The van der Waals surface area contributed by atoms with Gasteiger partial charge in [-0.25, -0.2) is 0 Å². The summed E-state index contributed by atoms with van der Waals surface area (Å²) in [7, 11) is 0. The average molecular weight is 1210 g/mol. The van der Waals surface area contributed by atoms with Gasteiger partial charge in [0.25, 0.3) is 0 Å². The third-order valence-corrected chi connectivity index (χ3v) is 19.1. The van der Waals surface area contributed by atoms with Crippen molar-refractivity contribution in [2.24, 2.45) is 0 Å². The summed E-state index contributed by atoms with van der Waals surface area (Å²) >= 11 is 0. The molecule has 0 fully saturated rings. The molecule has 86 heavy (non-hydrogen) atoms. The molecule has 0 bridgehead atoms. The second-order valence-electron chi connectivity index (χ2n) is 27.8. The third-order valence-electron chi connectivity index (χ3n) is 19.1. The molecule has 0 rings (SSSR count). The van der Waals surface area contributed by atoms with Gasteiger partial charge in [-0.15, -0.1) is 0 Å². The summed E-state index contributed by atoms with van der Waals surface area (Å²) in [5.74, 6) is -0.00489. The van der Waals surface area contributed by atoms with Gasteiger partial charge in [0.05, 0.1) is 25.4 Å². The molecule has 2 unspecified atom stereocenters. The second kappa shape index (κ2) is 76.1. The number of amides is 1. The minimum Gasteiger partial charge on any atom is -0.466 e. The lowest BCUT2D eigenvalue weighted by Crippen LogP contribution is -2.45. The zero-order valence-corrected chi connectivity index (χ0v) is 58.8. The van der Waals surface area contributed by atoms with E-state index in [9.17, 15) is 19.8 Å². The molecule has 0 saturated carbocycles. The smallest absolute Gasteiger partial charge is 0.305 e. The Hall–Kier alpha value is -1.40. The number of esters is 1. The predicted molar refractivity (Wildman–Crippen MR) is 380 cm³/mol. The highest BCUT2D eigenvalue weighted by Crippen LogP contribution is 2.20. The molecule has 6 nitrogen and oxygen atoms in total. The normalized spacial score (nSPS) is 12.5. The van der Waals surface area contributed by atoms with Gasteiger partial charge in [-0.3, -0.25) is 9.59 Å². The van der Waals surface area contributed by atoms with Crippen LogP contribution in [-0.4, -0.2) is 47.4 Å². The van der Waals surface area contributed by atoms with Gasteiger partial charge in [-0.05, 0) is 51.4 Å². The highest BCUT2D eigenvalue weighted by atomic mass is 16.5. The lowest BCUT2D eigenvalue weighted by atomic mass is 10.0. The van der Waals surface area contributed by atoms with Crippen molar-refractivity contribution in [1.29, 1.82) is 0 Å². The Morgan fingerprint density at radius 3 is 0.826 bits per heavy atom. The van der Waals surface area contributed by atoms with Crippen LogP contribution >= 0.6 is 0 Å². The molecule has 0 aromatic heterocycles. The molecule has 0 spiro atoms. The molecule has 3 N–H and O–H groups in total. The number of allylic oxidation sites excluding steroid dienone is 2. The van der Waals surface area contributed by atoms with Crippen LogP contribution in [-0.2, 0) is 14.3 Å². The summed E-state index contributed by atoms with van der Waals surface area (Å²) < 4.78 is 5.52. The summed E-state index contributed by atoms with van der Waals surface area (Å²) in [6, 6.07) is -0.541. The van der Waals surface area contributed by atoms with Gasteiger partial charge in [0, 0.05) is 12.8 Å². The summed E-state index contributed by atoms with van der Waals surface area (Å²) in [6.45, 7) is 5.02. The fraction of sp³-hybridized carbons (Fsp3) is 0.950. The molecule has 2 atom stereocenters. The Morgan fingerprint density at radius 1 is 0.314 bits per heavy atom. The van der Waals surface area contributed by atoms with E-state index in [4.69, 9.17) is 4.74 Å². The van der Waals surface area contributed by atoms with Crippen LogP contribution in [0.1, 0.15) is 463 Å². The fourth-order valence-corrected chi connectivity index (χ4v) is 13.0. The van der Waals surface area contributed by atoms with Crippen LogP contribution in [0.2, 0.25) is 0 Å². The first kappa shape index (κ1) is 84.6. The molecule has 0 heterocycles. The zero-order valence-electron chi connectivity index (χ0n) is 58.8. The maximum absolute atomic E-state index is 12.6. The van der Waals surface area contributed by atoms with Crippen LogP contribution in [0.25, 0.3) is 0 Å². The first-order valence-electron chi connectivity index (χ1n) is 39.9. The molecular weight excluding hydrogens is 1050 g/mol. The molecule has 0 radical (unpaired) electrons. The monoisotopic (exact) mass is 1210 g/mol. The molecule has 0 aliphatic heterocycles. The number of hydrogen-bond donors (Lipinski definition) is 3. The number of carbonyl (C=O) groups excluding carboxylic acids is 2. The Bertz CT molecular complexity index is 1300. The maximum Gasteiger partial charge on any atom is 0.305 e. The van der Waals surface area contributed by atoms with E-state index in [1.165, 1.54) is 392 Å². The van der Waals surface area contributed by atoms with Crippen molar-refractivity contribution in [3.8, 4) is 0 Å². The first-order chi connectivity index (χ1) is 42.5. The van der Waals surface area contributed by atoms with Crippen molar-refractivity contribution in [1.82, 2.24) is 5.32 Å². The van der Waals surface area contributed by atoms with Crippen LogP contribution < -0.4 is 5.32 Å². The summed E-state index contributed by atoms with van der Waals surface area (Å²) in [5.41, 5.74) is 0. The van der Waals surface area contributed by atoms with E-state index >= 15 is 0 Å². The molecule has 0 aliphatic rings. The van der Waals surface area contributed by atoms with E-state index in [1.807, 2.05) is 0 Å². The lowest BCUT2D eigenvalue weighted by molar-refractivity contribution is -0.143. The van der Waals surface area contributed by atoms with E-state index in [-0.39, 0.29) is 18.5 Å². The van der Waals surface area contributed by atoms with Gasteiger partial charge >= 0.3 is 5.97 Å². The number of rotatable bonds is 76. The van der Waals surface area contributed by atoms with E-state index in [2.05, 4.69) is 31.3 Å². The van der Waals surface area contributed by atoms with Gasteiger partial charge in [0.15, 0.2) is 0 Å². The molecule has 0 aromatic rings. The number of aliphatic hydroxyl groups is 2. The average Bonchev–Trinajstić information content (AvgIpc) is 3.54. The third kappa shape index (κ3) is 71.7. The van der Waals surface area contributed by atoms with Crippen molar-refractivity contribution < 1.29 is 24.5 Å². The molecule has 0 aromatic carbocycles. The molecule has 0 aliphatic carbocycles. The number of aliphatic hydroxyl groups excluding tert-OH is 2. The minimum absolute atomic E-state index is 0.0229. The van der Waals surface area contributed by atoms with Gasteiger partial charge in [0.2, 0.25) is 5.91 Å². The number of carbonyl (C=O) groups is 2. The molecular formula is C80H157NO5. The number of nitrogens with one attached hydrogen (secondary N) is 1. The number of unbranched alkanes of at least 4 members (excludes halogenated alkanes) is 63. The predicted octanol–water partition coefficient (Wildman–Crippen LogP) is 26.3. The summed E-state index contributed by atoms with van der Waals surface area (Å²) in [5, 5.41) is 23.5. The van der Waals surface area contributed by atoms with E-state index in [0.717, 1.165) is 38.5 Å². The summed E-state index contributed by atoms with van der Waals surface area (Å²) in [4.78, 5) is 24.7. The Morgan fingerprint density at radius 2 is 0.547 bits per heavy atom. The number of ether oxygens (including phenoxy) is 1. The highest BCUT2D eigenvalue weighted by molar-refractivity contribution is 5.76. The highest BCUT2D eigenvalue weighted by Gasteiger charge is 2.20. The van der Waals surface area contributed by atoms with E-state index in [0.29, 0.717) is 25.9 Å². The van der Waals surface area contributed by atoms with Crippen LogP contribution in [0.3, 0.4) is 0 Å². The van der Waals surface area contributed by atoms with Crippen molar-refractivity contribution >= 4 is 11.9 Å².